The highest BCUT2D eigenvalue weighted by molar-refractivity contribution is 5.94. The summed E-state index contributed by atoms with van der Waals surface area (Å²) in [7, 11) is 0. The van der Waals surface area contributed by atoms with Crippen LogP contribution in [0, 0.1) is 0 Å². The first-order chi connectivity index (χ1) is 14.3. The van der Waals surface area contributed by atoms with Gasteiger partial charge in [0.1, 0.15) is 12.4 Å². The van der Waals surface area contributed by atoms with Gasteiger partial charge in [-0.15, -0.1) is 0 Å². The lowest BCUT2D eigenvalue weighted by atomic mass is 9.97. The quantitative estimate of drug-likeness (QED) is 0.616. The van der Waals surface area contributed by atoms with Crippen molar-refractivity contribution in [1.82, 2.24) is 5.32 Å². The normalized spacial score (nSPS) is 17.0. The Morgan fingerprint density at radius 1 is 0.793 bits per heavy atom. The molecule has 0 heterocycles. The molecule has 0 radical (unpaired) electrons. The van der Waals surface area contributed by atoms with Gasteiger partial charge in [-0.3, -0.25) is 4.79 Å². The van der Waals surface area contributed by atoms with Crippen LogP contribution in [0.25, 0.3) is 0 Å². The maximum atomic E-state index is 12.8. The molecule has 1 saturated carbocycles. The van der Waals surface area contributed by atoms with Gasteiger partial charge in [0.05, 0.1) is 0 Å². The Hall–Kier alpha value is -2.29. The second kappa shape index (κ2) is 12.3. The van der Waals surface area contributed by atoms with Crippen molar-refractivity contribution in [3.8, 4) is 5.75 Å². The van der Waals surface area contributed by atoms with E-state index in [0.717, 1.165) is 24.2 Å². The molecule has 1 fully saturated rings. The average molecular weight is 394 g/mol. The maximum Gasteiger partial charge on any atom is 0.251 e. The fourth-order valence-corrected chi connectivity index (χ4v) is 4.04. The molecule has 2 aromatic carbocycles. The van der Waals surface area contributed by atoms with Crippen LogP contribution >= 0.6 is 0 Å². The number of hydrogen-bond acceptors (Lipinski definition) is 2. The van der Waals surface area contributed by atoms with Crippen LogP contribution < -0.4 is 10.1 Å². The van der Waals surface area contributed by atoms with Crippen LogP contribution in [0.1, 0.15) is 86.6 Å². The van der Waals surface area contributed by atoms with Crippen molar-refractivity contribution in [2.24, 2.45) is 0 Å². The predicted molar refractivity (Wildman–Crippen MR) is 119 cm³/mol. The molecule has 1 aliphatic carbocycles. The van der Waals surface area contributed by atoms with Crippen LogP contribution in [0.4, 0.5) is 0 Å². The van der Waals surface area contributed by atoms with Gasteiger partial charge in [-0.2, -0.15) is 0 Å². The van der Waals surface area contributed by atoms with E-state index >= 15 is 0 Å². The number of hydrogen-bond donors (Lipinski definition) is 1. The molecule has 3 nitrogen and oxygen atoms in total. The van der Waals surface area contributed by atoms with Crippen LogP contribution in [0.2, 0.25) is 0 Å². The summed E-state index contributed by atoms with van der Waals surface area (Å²) in [5.74, 6) is 0.757. The zero-order valence-corrected chi connectivity index (χ0v) is 17.6. The number of carbonyl (C=O) groups is 1. The van der Waals surface area contributed by atoms with Crippen LogP contribution in [0.3, 0.4) is 0 Å². The Balaban J connectivity index is 1.53. The highest BCUT2D eigenvalue weighted by Gasteiger charge is 2.14. The second-order valence-corrected chi connectivity index (χ2v) is 8.23. The van der Waals surface area contributed by atoms with Gasteiger partial charge >= 0.3 is 0 Å². The molecule has 1 N–H and O–H groups in total. The lowest BCUT2D eigenvalue weighted by molar-refractivity contribution is 0.0931. The minimum absolute atomic E-state index is 0.0206. The molecule has 0 atom stereocenters. The van der Waals surface area contributed by atoms with Gasteiger partial charge in [0.2, 0.25) is 0 Å². The van der Waals surface area contributed by atoms with E-state index in [1.807, 2.05) is 54.6 Å². The molecule has 0 spiro atoms. The van der Waals surface area contributed by atoms with Crippen molar-refractivity contribution in [2.45, 2.75) is 83.3 Å². The first-order valence-corrected chi connectivity index (χ1v) is 11.4. The predicted octanol–water partition coefficient (Wildman–Crippen LogP) is 6.67. The summed E-state index contributed by atoms with van der Waals surface area (Å²) in [4.78, 5) is 12.8. The second-order valence-electron chi connectivity index (χ2n) is 8.23. The smallest absolute Gasteiger partial charge is 0.251 e. The summed E-state index contributed by atoms with van der Waals surface area (Å²) in [6.45, 7) is 0.508. The number of nitrogens with one attached hydrogen (secondary N) is 1. The van der Waals surface area contributed by atoms with Gasteiger partial charge in [-0.25, -0.2) is 0 Å². The summed E-state index contributed by atoms with van der Waals surface area (Å²) in [6.07, 6.45) is 14.0. The van der Waals surface area contributed by atoms with Crippen molar-refractivity contribution in [2.75, 3.05) is 0 Å². The van der Waals surface area contributed by atoms with Crippen molar-refractivity contribution >= 4 is 5.91 Å². The van der Waals surface area contributed by atoms with E-state index in [0.29, 0.717) is 12.2 Å². The third-order valence-corrected chi connectivity index (χ3v) is 5.78. The summed E-state index contributed by atoms with van der Waals surface area (Å²) in [5.41, 5.74) is 1.80. The first-order valence-electron chi connectivity index (χ1n) is 11.4. The molecule has 0 aliphatic heterocycles. The lowest BCUT2D eigenvalue weighted by Gasteiger charge is -2.20. The third-order valence-electron chi connectivity index (χ3n) is 5.78. The van der Waals surface area contributed by atoms with Crippen molar-refractivity contribution < 1.29 is 9.53 Å². The molecule has 156 valence electrons. The molecule has 1 aliphatic rings. The highest BCUT2D eigenvalue weighted by Crippen LogP contribution is 2.19. The molecule has 3 heteroatoms. The number of amides is 1. The average Bonchev–Trinajstić information content (AvgIpc) is 2.75. The zero-order valence-electron chi connectivity index (χ0n) is 17.6. The highest BCUT2D eigenvalue weighted by atomic mass is 16.5. The lowest BCUT2D eigenvalue weighted by Crippen LogP contribution is -2.34. The Kier molecular flexibility index (Phi) is 9.09. The molecule has 3 rings (SSSR count). The molecule has 2 aromatic rings. The SMILES string of the molecule is O=C(NC1CCCCCCCCCCC1)c1cccc(OCc2ccccc2)c1. The van der Waals surface area contributed by atoms with E-state index < -0.39 is 0 Å². The first kappa shape index (κ1) is 21.4. The van der Waals surface area contributed by atoms with E-state index in [4.69, 9.17) is 4.74 Å². The van der Waals surface area contributed by atoms with Gasteiger partial charge in [0.25, 0.3) is 5.91 Å². The monoisotopic (exact) mass is 393 g/mol. The Morgan fingerprint density at radius 3 is 2.07 bits per heavy atom. The van der Waals surface area contributed by atoms with E-state index in [2.05, 4.69) is 5.32 Å². The van der Waals surface area contributed by atoms with Crippen LogP contribution in [0.5, 0.6) is 5.75 Å². The zero-order chi connectivity index (χ0) is 20.2. The Morgan fingerprint density at radius 2 is 1.41 bits per heavy atom. The van der Waals surface area contributed by atoms with Gasteiger partial charge in [0.15, 0.2) is 0 Å². The summed E-state index contributed by atoms with van der Waals surface area (Å²) < 4.78 is 5.89. The van der Waals surface area contributed by atoms with Gasteiger partial charge in [0, 0.05) is 11.6 Å². The molecule has 0 bridgehead atoms. The van der Waals surface area contributed by atoms with Gasteiger partial charge in [-0.05, 0) is 36.6 Å². The van der Waals surface area contributed by atoms with Crippen LogP contribution in [-0.4, -0.2) is 11.9 Å². The van der Waals surface area contributed by atoms with Crippen LogP contribution in [0.15, 0.2) is 54.6 Å². The van der Waals surface area contributed by atoms with Gasteiger partial charge < -0.3 is 10.1 Å². The minimum Gasteiger partial charge on any atom is -0.489 e. The fraction of sp³-hybridized carbons (Fsp3) is 0.500. The number of carbonyl (C=O) groups excluding carboxylic acids is 1. The topological polar surface area (TPSA) is 38.3 Å². The van der Waals surface area contributed by atoms with E-state index in [-0.39, 0.29) is 11.9 Å². The molecule has 1 amide bonds. The molecule has 0 unspecified atom stereocenters. The van der Waals surface area contributed by atoms with Crippen LogP contribution in [-0.2, 0) is 6.61 Å². The van der Waals surface area contributed by atoms with Crippen molar-refractivity contribution in [1.29, 1.82) is 0 Å². The number of benzene rings is 2. The largest absolute Gasteiger partial charge is 0.489 e. The molecule has 0 aromatic heterocycles. The van der Waals surface area contributed by atoms with Crippen molar-refractivity contribution in [3.63, 3.8) is 0 Å². The Bertz CT molecular complexity index is 716. The van der Waals surface area contributed by atoms with E-state index in [1.165, 1.54) is 57.8 Å². The molecule has 0 saturated heterocycles. The summed E-state index contributed by atoms with van der Waals surface area (Å²) >= 11 is 0. The van der Waals surface area contributed by atoms with Gasteiger partial charge in [-0.1, -0.05) is 94.2 Å². The molecular weight excluding hydrogens is 358 g/mol. The molecular formula is C26H35NO2. The number of ether oxygens (including phenoxy) is 1. The van der Waals surface area contributed by atoms with Crippen molar-refractivity contribution in [3.05, 3.63) is 65.7 Å². The number of rotatable bonds is 5. The van der Waals surface area contributed by atoms with E-state index in [9.17, 15) is 4.79 Å². The fourth-order valence-electron chi connectivity index (χ4n) is 4.04. The van der Waals surface area contributed by atoms with E-state index in [1.54, 1.807) is 0 Å². The third kappa shape index (κ3) is 7.92. The maximum absolute atomic E-state index is 12.8. The minimum atomic E-state index is 0.0206. The summed E-state index contributed by atoms with van der Waals surface area (Å²) in [6, 6.07) is 17.9. The summed E-state index contributed by atoms with van der Waals surface area (Å²) in [5, 5.41) is 3.29. The standard InChI is InChI=1S/C26H35NO2/c28-26(27-24-17-11-6-4-2-1-3-5-7-12-18-24)23-16-13-19-25(20-23)29-21-22-14-9-8-10-15-22/h8-10,13-16,19-20,24H,1-7,11-12,17-18,21H2,(H,27,28). The molecule has 29 heavy (non-hydrogen) atoms. The Labute approximate surface area is 175 Å².